The van der Waals surface area contributed by atoms with Crippen LogP contribution < -0.4 is 0 Å². The lowest BCUT2D eigenvalue weighted by molar-refractivity contribution is 0.152. The highest BCUT2D eigenvalue weighted by molar-refractivity contribution is 9.10. The number of hydrogen-bond donors (Lipinski definition) is 1. The number of aliphatic hydroxyl groups excluding tert-OH is 1. The smallest absolute Gasteiger partial charge is 0.229 e. The number of aromatic nitrogens is 2. The summed E-state index contributed by atoms with van der Waals surface area (Å²) in [5, 5.41) is 13.5. The molecule has 2 rings (SSSR count). The predicted octanol–water partition coefficient (Wildman–Crippen LogP) is 3.34. The maximum atomic E-state index is 13.2. The molecule has 0 saturated heterocycles. The Morgan fingerprint density at radius 1 is 1.47 bits per heavy atom. The van der Waals surface area contributed by atoms with Crippen molar-refractivity contribution in [2.45, 2.75) is 32.3 Å². The Morgan fingerprint density at radius 2 is 2.26 bits per heavy atom. The van der Waals surface area contributed by atoms with E-state index in [4.69, 9.17) is 4.52 Å². The molecule has 1 aromatic carbocycles. The van der Waals surface area contributed by atoms with Crippen LogP contribution in [-0.2, 0) is 6.42 Å². The van der Waals surface area contributed by atoms with Gasteiger partial charge in [0.1, 0.15) is 5.82 Å². The Balaban J connectivity index is 2.18. The Hall–Kier alpha value is -1.27. The van der Waals surface area contributed by atoms with Gasteiger partial charge in [-0.05, 0) is 24.6 Å². The summed E-state index contributed by atoms with van der Waals surface area (Å²) in [7, 11) is 0. The van der Waals surface area contributed by atoms with Crippen molar-refractivity contribution in [2.75, 3.05) is 0 Å². The third-order valence-electron chi connectivity index (χ3n) is 2.67. The first-order valence-electron chi connectivity index (χ1n) is 6.06. The molecule has 0 amide bonds. The van der Waals surface area contributed by atoms with Crippen molar-refractivity contribution in [3.8, 4) is 11.4 Å². The summed E-state index contributed by atoms with van der Waals surface area (Å²) in [6.45, 7) is 1.99. The normalized spacial score (nSPS) is 12.6. The topological polar surface area (TPSA) is 59.2 Å². The predicted molar refractivity (Wildman–Crippen MR) is 72.0 cm³/mol. The molecule has 0 fully saturated rings. The molecule has 0 aliphatic carbocycles. The number of aliphatic hydroxyl groups is 1. The minimum atomic E-state index is -0.491. The van der Waals surface area contributed by atoms with E-state index in [1.54, 1.807) is 6.07 Å². The lowest BCUT2D eigenvalue weighted by atomic mass is 10.1. The largest absolute Gasteiger partial charge is 0.393 e. The molecule has 0 bridgehead atoms. The molecule has 1 N–H and O–H groups in total. The van der Waals surface area contributed by atoms with Gasteiger partial charge in [-0.25, -0.2) is 4.39 Å². The molecular weight excluding hydrogens is 315 g/mol. The summed E-state index contributed by atoms with van der Waals surface area (Å²) in [5.41, 5.74) is 0.528. The third kappa shape index (κ3) is 3.61. The average Bonchev–Trinajstić information content (AvgIpc) is 2.81. The van der Waals surface area contributed by atoms with Crippen LogP contribution in [0.3, 0.4) is 0 Å². The Kier molecular flexibility index (Phi) is 4.66. The van der Waals surface area contributed by atoms with Crippen molar-refractivity contribution in [1.82, 2.24) is 10.1 Å². The molecule has 0 aliphatic rings. The number of hydrogen-bond acceptors (Lipinski definition) is 4. The summed E-state index contributed by atoms with van der Waals surface area (Å²) in [6.07, 6.45) is 1.39. The summed E-state index contributed by atoms with van der Waals surface area (Å²) in [6, 6.07) is 4.27. The molecule has 1 atom stereocenters. The van der Waals surface area contributed by atoms with E-state index in [-0.39, 0.29) is 5.82 Å². The number of benzene rings is 1. The fourth-order valence-electron chi connectivity index (χ4n) is 1.75. The summed E-state index contributed by atoms with van der Waals surface area (Å²) in [5.74, 6) is 0.299. The first-order valence-corrected chi connectivity index (χ1v) is 6.85. The SMILES string of the molecule is CCCC(O)Cc1nc(-c2cc(F)ccc2Br)no1. The Morgan fingerprint density at radius 3 is 3.00 bits per heavy atom. The van der Waals surface area contributed by atoms with Crippen LogP contribution in [0.15, 0.2) is 27.2 Å². The van der Waals surface area contributed by atoms with Crippen LogP contribution in [0, 0.1) is 5.82 Å². The highest BCUT2D eigenvalue weighted by atomic mass is 79.9. The van der Waals surface area contributed by atoms with Crippen LogP contribution in [0.25, 0.3) is 11.4 Å². The van der Waals surface area contributed by atoms with Gasteiger partial charge in [-0.1, -0.05) is 34.4 Å². The molecule has 0 spiro atoms. The second kappa shape index (κ2) is 6.25. The van der Waals surface area contributed by atoms with Gasteiger partial charge in [0.2, 0.25) is 11.7 Å². The molecule has 1 heterocycles. The zero-order valence-corrected chi connectivity index (χ0v) is 12.0. The number of nitrogens with zero attached hydrogens (tertiary/aromatic N) is 2. The fraction of sp³-hybridized carbons (Fsp3) is 0.385. The maximum absolute atomic E-state index is 13.2. The van der Waals surface area contributed by atoms with E-state index in [9.17, 15) is 9.50 Å². The van der Waals surface area contributed by atoms with Gasteiger partial charge in [-0.3, -0.25) is 0 Å². The van der Waals surface area contributed by atoms with Crippen LogP contribution in [0.1, 0.15) is 25.7 Å². The van der Waals surface area contributed by atoms with Crippen molar-refractivity contribution in [2.24, 2.45) is 0 Å². The standard InChI is InChI=1S/C13H14BrFN2O2/c1-2-3-9(18)7-12-16-13(17-19-12)10-6-8(15)4-5-11(10)14/h4-6,9,18H,2-3,7H2,1H3. The van der Waals surface area contributed by atoms with E-state index in [1.165, 1.54) is 12.1 Å². The molecule has 19 heavy (non-hydrogen) atoms. The minimum absolute atomic E-state index is 0.310. The molecule has 6 heteroatoms. The zero-order chi connectivity index (χ0) is 13.8. The highest BCUT2D eigenvalue weighted by Crippen LogP contribution is 2.26. The van der Waals surface area contributed by atoms with Crippen LogP contribution >= 0.6 is 15.9 Å². The van der Waals surface area contributed by atoms with E-state index in [0.29, 0.717) is 34.6 Å². The van der Waals surface area contributed by atoms with Crippen molar-refractivity contribution < 1.29 is 14.0 Å². The Labute approximate surface area is 118 Å². The maximum Gasteiger partial charge on any atom is 0.229 e. The quantitative estimate of drug-likeness (QED) is 0.914. The van der Waals surface area contributed by atoms with Crippen molar-refractivity contribution >= 4 is 15.9 Å². The van der Waals surface area contributed by atoms with Crippen LogP contribution in [0.4, 0.5) is 4.39 Å². The van der Waals surface area contributed by atoms with Gasteiger partial charge < -0.3 is 9.63 Å². The molecule has 1 unspecified atom stereocenters. The van der Waals surface area contributed by atoms with Crippen LogP contribution in [0.5, 0.6) is 0 Å². The van der Waals surface area contributed by atoms with Crippen LogP contribution in [-0.4, -0.2) is 21.4 Å². The molecular formula is C13H14BrFN2O2. The van der Waals surface area contributed by atoms with Gasteiger partial charge in [-0.2, -0.15) is 4.98 Å². The molecule has 0 radical (unpaired) electrons. The summed E-state index contributed by atoms with van der Waals surface area (Å²) >= 11 is 3.31. The van der Waals surface area contributed by atoms with Gasteiger partial charge in [0.15, 0.2) is 0 Å². The van der Waals surface area contributed by atoms with Gasteiger partial charge >= 0.3 is 0 Å². The lowest BCUT2D eigenvalue weighted by Gasteiger charge is -2.04. The van der Waals surface area contributed by atoms with E-state index in [2.05, 4.69) is 26.1 Å². The van der Waals surface area contributed by atoms with E-state index >= 15 is 0 Å². The van der Waals surface area contributed by atoms with Crippen molar-refractivity contribution in [1.29, 1.82) is 0 Å². The monoisotopic (exact) mass is 328 g/mol. The van der Waals surface area contributed by atoms with E-state index in [0.717, 1.165) is 6.42 Å². The second-order valence-electron chi connectivity index (χ2n) is 4.28. The van der Waals surface area contributed by atoms with Crippen LogP contribution in [0.2, 0.25) is 0 Å². The van der Waals surface area contributed by atoms with Gasteiger partial charge in [0.05, 0.1) is 12.5 Å². The lowest BCUT2D eigenvalue weighted by Crippen LogP contribution is -2.09. The van der Waals surface area contributed by atoms with Crippen molar-refractivity contribution in [3.63, 3.8) is 0 Å². The van der Waals surface area contributed by atoms with E-state index < -0.39 is 6.10 Å². The Bertz CT molecular complexity index is 559. The first kappa shape index (κ1) is 14.1. The zero-order valence-electron chi connectivity index (χ0n) is 10.4. The van der Waals surface area contributed by atoms with Gasteiger partial charge in [0, 0.05) is 10.0 Å². The molecule has 102 valence electrons. The molecule has 2 aromatic rings. The first-order chi connectivity index (χ1) is 9.10. The van der Waals surface area contributed by atoms with Gasteiger partial charge in [-0.15, -0.1) is 0 Å². The number of halogens is 2. The molecule has 0 aliphatic heterocycles. The third-order valence-corrected chi connectivity index (χ3v) is 3.36. The number of rotatable bonds is 5. The molecule has 0 saturated carbocycles. The minimum Gasteiger partial charge on any atom is -0.393 e. The summed E-state index contributed by atoms with van der Waals surface area (Å²) < 4.78 is 19.0. The van der Waals surface area contributed by atoms with Gasteiger partial charge in [0.25, 0.3) is 0 Å². The summed E-state index contributed by atoms with van der Waals surface area (Å²) in [4.78, 5) is 4.17. The highest BCUT2D eigenvalue weighted by Gasteiger charge is 2.15. The van der Waals surface area contributed by atoms with E-state index in [1.807, 2.05) is 6.92 Å². The molecule has 4 nitrogen and oxygen atoms in total. The molecule has 1 aromatic heterocycles. The second-order valence-corrected chi connectivity index (χ2v) is 5.14. The fourth-order valence-corrected chi connectivity index (χ4v) is 2.18. The van der Waals surface area contributed by atoms with Crippen molar-refractivity contribution in [3.05, 3.63) is 34.4 Å². The average molecular weight is 329 g/mol.